The van der Waals surface area contributed by atoms with Crippen LogP contribution in [-0.2, 0) is 9.84 Å². The SMILES string of the molecule is COc1ccc(Oc2cccc(S(C)(=O)=O)c2)c(N)c1. The van der Waals surface area contributed by atoms with Gasteiger partial charge in [0.2, 0.25) is 0 Å². The van der Waals surface area contributed by atoms with Crippen molar-refractivity contribution in [3.63, 3.8) is 0 Å². The van der Waals surface area contributed by atoms with E-state index in [2.05, 4.69) is 0 Å². The molecule has 0 aromatic heterocycles. The summed E-state index contributed by atoms with van der Waals surface area (Å²) in [5, 5.41) is 0. The largest absolute Gasteiger partial charge is 0.497 e. The average Bonchev–Trinajstić information content (AvgIpc) is 2.40. The van der Waals surface area contributed by atoms with Gasteiger partial charge in [-0.2, -0.15) is 0 Å². The molecular formula is C14H15NO4S. The number of ether oxygens (including phenoxy) is 2. The van der Waals surface area contributed by atoms with Gasteiger partial charge in [0.05, 0.1) is 17.7 Å². The summed E-state index contributed by atoms with van der Waals surface area (Å²) in [6, 6.07) is 11.3. The van der Waals surface area contributed by atoms with E-state index in [1.54, 1.807) is 37.4 Å². The van der Waals surface area contributed by atoms with Gasteiger partial charge in [0.25, 0.3) is 0 Å². The van der Waals surface area contributed by atoms with Crippen LogP contribution in [-0.4, -0.2) is 21.8 Å². The number of hydrogen-bond acceptors (Lipinski definition) is 5. The first-order valence-electron chi connectivity index (χ1n) is 5.81. The molecule has 0 spiro atoms. The molecule has 0 atom stereocenters. The number of anilines is 1. The molecule has 0 heterocycles. The molecule has 0 aliphatic rings. The van der Waals surface area contributed by atoms with Gasteiger partial charge in [0.1, 0.15) is 11.5 Å². The quantitative estimate of drug-likeness (QED) is 0.876. The van der Waals surface area contributed by atoms with Crippen molar-refractivity contribution >= 4 is 15.5 Å². The van der Waals surface area contributed by atoms with Crippen LogP contribution in [0.4, 0.5) is 5.69 Å². The molecule has 20 heavy (non-hydrogen) atoms. The van der Waals surface area contributed by atoms with Crippen LogP contribution in [0.2, 0.25) is 0 Å². The van der Waals surface area contributed by atoms with Crippen molar-refractivity contribution in [2.24, 2.45) is 0 Å². The van der Waals surface area contributed by atoms with Crippen molar-refractivity contribution in [1.29, 1.82) is 0 Å². The minimum atomic E-state index is -3.27. The zero-order chi connectivity index (χ0) is 14.8. The lowest BCUT2D eigenvalue weighted by Gasteiger charge is -2.10. The predicted octanol–water partition coefficient (Wildman–Crippen LogP) is 2.47. The summed E-state index contributed by atoms with van der Waals surface area (Å²) in [5.41, 5.74) is 6.26. The molecule has 0 saturated heterocycles. The Hall–Kier alpha value is -2.21. The summed E-state index contributed by atoms with van der Waals surface area (Å²) in [4.78, 5) is 0.196. The third kappa shape index (κ3) is 3.21. The van der Waals surface area contributed by atoms with E-state index in [1.165, 1.54) is 12.1 Å². The Morgan fingerprint density at radius 1 is 1.05 bits per heavy atom. The number of nitrogens with two attached hydrogens (primary N) is 1. The Morgan fingerprint density at radius 3 is 2.40 bits per heavy atom. The summed E-state index contributed by atoms with van der Waals surface area (Å²) in [6.07, 6.45) is 1.15. The van der Waals surface area contributed by atoms with E-state index in [1.807, 2.05) is 0 Å². The Balaban J connectivity index is 2.31. The van der Waals surface area contributed by atoms with Crippen molar-refractivity contribution in [3.05, 3.63) is 42.5 Å². The van der Waals surface area contributed by atoms with Gasteiger partial charge in [-0.1, -0.05) is 6.07 Å². The summed E-state index contributed by atoms with van der Waals surface area (Å²) in [6.45, 7) is 0. The fourth-order valence-electron chi connectivity index (χ4n) is 1.64. The van der Waals surface area contributed by atoms with Gasteiger partial charge in [0, 0.05) is 12.3 Å². The highest BCUT2D eigenvalue weighted by molar-refractivity contribution is 7.90. The number of benzene rings is 2. The van der Waals surface area contributed by atoms with E-state index >= 15 is 0 Å². The highest BCUT2D eigenvalue weighted by Gasteiger charge is 2.09. The first kappa shape index (κ1) is 14.2. The highest BCUT2D eigenvalue weighted by atomic mass is 32.2. The normalized spacial score (nSPS) is 11.1. The number of rotatable bonds is 4. The third-order valence-corrected chi connectivity index (χ3v) is 3.79. The van der Waals surface area contributed by atoms with Crippen molar-refractivity contribution < 1.29 is 17.9 Å². The molecule has 0 unspecified atom stereocenters. The molecule has 5 nitrogen and oxygen atoms in total. The van der Waals surface area contributed by atoms with Crippen LogP contribution in [0, 0.1) is 0 Å². The Morgan fingerprint density at radius 2 is 1.80 bits per heavy atom. The lowest BCUT2D eigenvalue weighted by molar-refractivity contribution is 0.413. The molecule has 0 radical (unpaired) electrons. The van der Waals surface area contributed by atoms with Crippen LogP contribution >= 0.6 is 0 Å². The molecule has 0 bridgehead atoms. The van der Waals surface area contributed by atoms with Gasteiger partial charge in [-0.25, -0.2) is 8.42 Å². The lowest BCUT2D eigenvalue weighted by Crippen LogP contribution is -1.98. The van der Waals surface area contributed by atoms with Gasteiger partial charge < -0.3 is 15.2 Å². The maximum absolute atomic E-state index is 11.5. The minimum absolute atomic E-state index is 0.196. The van der Waals surface area contributed by atoms with Gasteiger partial charge in [0.15, 0.2) is 15.6 Å². The molecular weight excluding hydrogens is 278 g/mol. The minimum Gasteiger partial charge on any atom is -0.497 e. The van der Waals surface area contributed by atoms with Crippen molar-refractivity contribution in [2.75, 3.05) is 19.1 Å². The monoisotopic (exact) mass is 293 g/mol. The van der Waals surface area contributed by atoms with E-state index < -0.39 is 9.84 Å². The molecule has 2 N–H and O–H groups in total. The average molecular weight is 293 g/mol. The number of sulfone groups is 1. The summed E-state index contributed by atoms with van der Waals surface area (Å²) in [7, 11) is -1.72. The van der Waals surface area contributed by atoms with Crippen LogP contribution in [0.5, 0.6) is 17.2 Å². The van der Waals surface area contributed by atoms with Gasteiger partial charge in [-0.3, -0.25) is 0 Å². The second-order valence-corrected chi connectivity index (χ2v) is 6.27. The topological polar surface area (TPSA) is 78.6 Å². The van der Waals surface area contributed by atoms with Crippen molar-refractivity contribution in [2.45, 2.75) is 4.90 Å². The molecule has 106 valence electrons. The molecule has 2 aromatic rings. The van der Waals surface area contributed by atoms with E-state index in [4.69, 9.17) is 15.2 Å². The first-order valence-corrected chi connectivity index (χ1v) is 7.71. The van der Waals surface area contributed by atoms with Crippen LogP contribution in [0.25, 0.3) is 0 Å². The smallest absolute Gasteiger partial charge is 0.175 e. The summed E-state index contributed by atoms with van der Waals surface area (Å²) < 4.78 is 33.6. The van der Waals surface area contributed by atoms with Crippen molar-refractivity contribution in [1.82, 2.24) is 0 Å². The Kier molecular flexibility index (Phi) is 3.85. The van der Waals surface area contributed by atoms with Crippen LogP contribution in [0.3, 0.4) is 0 Å². The van der Waals surface area contributed by atoms with Crippen LogP contribution < -0.4 is 15.2 Å². The molecule has 0 aliphatic heterocycles. The van der Waals surface area contributed by atoms with E-state index in [0.29, 0.717) is 22.9 Å². The molecule has 0 amide bonds. The van der Waals surface area contributed by atoms with Gasteiger partial charge in [-0.05, 0) is 30.3 Å². The third-order valence-electron chi connectivity index (χ3n) is 2.68. The van der Waals surface area contributed by atoms with Gasteiger partial charge >= 0.3 is 0 Å². The predicted molar refractivity (Wildman–Crippen MR) is 77.0 cm³/mol. The Bertz CT molecular complexity index is 726. The molecule has 0 fully saturated rings. The molecule has 0 aliphatic carbocycles. The number of nitrogen functional groups attached to an aromatic ring is 1. The maximum Gasteiger partial charge on any atom is 0.175 e. The van der Waals surface area contributed by atoms with Crippen molar-refractivity contribution in [3.8, 4) is 17.2 Å². The Labute approximate surface area is 117 Å². The highest BCUT2D eigenvalue weighted by Crippen LogP contribution is 2.31. The fraction of sp³-hybridized carbons (Fsp3) is 0.143. The zero-order valence-corrected chi connectivity index (χ0v) is 12.0. The van der Waals surface area contributed by atoms with E-state index in [0.717, 1.165) is 6.26 Å². The maximum atomic E-state index is 11.5. The second kappa shape index (κ2) is 5.42. The van der Waals surface area contributed by atoms with E-state index in [9.17, 15) is 8.42 Å². The van der Waals surface area contributed by atoms with E-state index in [-0.39, 0.29) is 4.90 Å². The molecule has 0 saturated carbocycles. The lowest BCUT2D eigenvalue weighted by atomic mass is 10.2. The standard InChI is InChI=1S/C14H15NO4S/c1-18-10-6-7-14(13(15)9-10)19-11-4-3-5-12(8-11)20(2,16)17/h3-9H,15H2,1-2H3. The molecule has 2 aromatic carbocycles. The molecule has 6 heteroatoms. The zero-order valence-electron chi connectivity index (χ0n) is 11.2. The number of methoxy groups -OCH3 is 1. The van der Waals surface area contributed by atoms with Gasteiger partial charge in [-0.15, -0.1) is 0 Å². The summed E-state index contributed by atoms with van der Waals surface area (Å²) >= 11 is 0. The number of hydrogen-bond donors (Lipinski definition) is 1. The summed E-state index contributed by atoms with van der Waals surface area (Å²) in [5.74, 6) is 1.47. The van der Waals surface area contributed by atoms with Crippen LogP contribution in [0.1, 0.15) is 0 Å². The fourth-order valence-corrected chi connectivity index (χ4v) is 2.30. The second-order valence-electron chi connectivity index (χ2n) is 4.25. The van der Waals surface area contributed by atoms with Crippen LogP contribution in [0.15, 0.2) is 47.4 Å². The first-order chi connectivity index (χ1) is 9.40. The molecule has 2 rings (SSSR count).